The van der Waals surface area contributed by atoms with Crippen molar-refractivity contribution in [2.45, 2.75) is 45.4 Å². The van der Waals surface area contributed by atoms with E-state index in [0.717, 1.165) is 16.9 Å². The zero-order valence-electron chi connectivity index (χ0n) is 18.0. The second-order valence-electron chi connectivity index (χ2n) is 7.39. The zero-order chi connectivity index (χ0) is 22.5. The first-order valence-corrected chi connectivity index (χ1v) is 12.3. The van der Waals surface area contributed by atoms with Crippen LogP contribution in [-0.2, 0) is 9.53 Å². The van der Waals surface area contributed by atoms with Gasteiger partial charge in [-0.2, -0.15) is 0 Å². The summed E-state index contributed by atoms with van der Waals surface area (Å²) in [4.78, 5) is 32.2. The quantitative estimate of drug-likeness (QED) is 0.272. The number of carbonyl (C=O) groups is 1. The van der Waals surface area contributed by atoms with Crippen molar-refractivity contribution in [2.24, 2.45) is 0 Å². The fourth-order valence-electron chi connectivity index (χ4n) is 2.99. The Labute approximate surface area is 195 Å². The van der Waals surface area contributed by atoms with Gasteiger partial charge in [0, 0.05) is 23.1 Å². The van der Waals surface area contributed by atoms with Crippen LogP contribution in [0.2, 0.25) is 5.02 Å². The molecule has 0 radical (unpaired) electrons. The monoisotopic (exact) mass is 479 g/mol. The number of aromatic nitrogens is 2. The van der Waals surface area contributed by atoms with Gasteiger partial charge in [0.1, 0.15) is 4.83 Å². The smallest absolute Gasteiger partial charge is 0.267 e. The number of thiophene rings is 1. The van der Waals surface area contributed by atoms with Crippen LogP contribution in [0.3, 0.4) is 0 Å². The van der Waals surface area contributed by atoms with Crippen molar-refractivity contribution in [3.63, 3.8) is 0 Å². The van der Waals surface area contributed by atoms with Crippen LogP contribution in [0.15, 0.2) is 34.2 Å². The molecule has 0 aliphatic heterocycles. The largest absolute Gasteiger partial charge is 0.379 e. The maximum Gasteiger partial charge on any atom is 0.267 e. The van der Waals surface area contributed by atoms with Gasteiger partial charge in [0.2, 0.25) is 5.91 Å². The summed E-state index contributed by atoms with van der Waals surface area (Å²) in [7, 11) is 0. The van der Waals surface area contributed by atoms with Crippen LogP contribution in [0.5, 0.6) is 0 Å². The highest BCUT2D eigenvalue weighted by molar-refractivity contribution is 7.99. The third-order valence-corrected chi connectivity index (χ3v) is 6.98. The lowest BCUT2D eigenvalue weighted by molar-refractivity contribution is -0.118. The third-order valence-electron chi connectivity index (χ3n) is 4.68. The van der Waals surface area contributed by atoms with Gasteiger partial charge in [-0.05, 0) is 63.9 Å². The van der Waals surface area contributed by atoms with Gasteiger partial charge in [0.05, 0.1) is 22.9 Å². The molecule has 0 atom stereocenters. The van der Waals surface area contributed by atoms with Crippen molar-refractivity contribution >= 4 is 50.8 Å². The number of aryl methyl sites for hydroxylation is 2. The number of thioether (sulfide) groups is 1. The Hall–Kier alpha value is -1.87. The van der Waals surface area contributed by atoms with E-state index in [0.29, 0.717) is 39.2 Å². The fraction of sp³-hybridized carbons (Fsp3) is 0.409. The highest BCUT2D eigenvalue weighted by Gasteiger charge is 2.18. The summed E-state index contributed by atoms with van der Waals surface area (Å²) in [5.41, 5.74) is 1.47. The summed E-state index contributed by atoms with van der Waals surface area (Å²) < 4.78 is 7.04. The standard InChI is InChI=1S/C22H26ClN3O3S2/c1-13(2)29-11-5-10-24-18(27)12-30-22-25-20-19(14(3)15(4)31-20)21(28)26(22)17-8-6-16(23)7-9-17/h6-9,13H,5,10-12H2,1-4H3,(H,24,27). The molecule has 0 aliphatic rings. The lowest BCUT2D eigenvalue weighted by atomic mass is 10.2. The molecule has 2 aromatic heterocycles. The second kappa shape index (κ2) is 10.6. The number of nitrogens with zero attached hydrogens (tertiary/aromatic N) is 2. The number of rotatable bonds is 9. The van der Waals surface area contributed by atoms with Crippen molar-refractivity contribution in [2.75, 3.05) is 18.9 Å². The van der Waals surface area contributed by atoms with Crippen LogP contribution in [0.1, 0.15) is 30.7 Å². The molecule has 31 heavy (non-hydrogen) atoms. The van der Waals surface area contributed by atoms with Gasteiger partial charge in [0.25, 0.3) is 5.56 Å². The first kappa shape index (κ1) is 23.8. The molecule has 6 nitrogen and oxygen atoms in total. The van der Waals surface area contributed by atoms with Gasteiger partial charge in [-0.3, -0.25) is 14.2 Å². The molecule has 1 N–H and O–H groups in total. The Morgan fingerprint density at radius 3 is 2.68 bits per heavy atom. The maximum absolute atomic E-state index is 13.4. The van der Waals surface area contributed by atoms with Gasteiger partial charge in [-0.1, -0.05) is 23.4 Å². The third kappa shape index (κ3) is 5.88. The summed E-state index contributed by atoms with van der Waals surface area (Å²) in [6.07, 6.45) is 0.934. The van der Waals surface area contributed by atoms with E-state index in [1.807, 2.05) is 27.7 Å². The van der Waals surface area contributed by atoms with Gasteiger partial charge >= 0.3 is 0 Å². The number of benzene rings is 1. The first-order valence-electron chi connectivity index (χ1n) is 10.1. The van der Waals surface area contributed by atoms with Gasteiger partial charge < -0.3 is 10.1 Å². The molecule has 2 heterocycles. The van der Waals surface area contributed by atoms with Crippen molar-refractivity contribution in [1.82, 2.24) is 14.9 Å². The minimum atomic E-state index is -0.136. The number of hydrogen-bond acceptors (Lipinski definition) is 6. The number of hydrogen-bond donors (Lipinski definition) is 1. The Bertz CT molecular complexity index is 1120. The van der Waals surface area contributed by atoms with Crippen molar-refractivity contribution in [1.29, 1.82) is 0 Å². The molecule has 0 spiro atoms. The average molecular weight is 480 g/mol. The van der Waals surface area contributed by atoms with Crippen LogP contribution in [-0.4, -0.2) is 40.5 Å². The highest BCUT2D eigenvalue weighted by atomic mass is 35.5. The zero-order valence-corrected chi connectivity index (χ0v) is 20.4. The highest BCUT2D eigenvalue weighted by Crippen LogP contribution is 2.29. The first-order chi connectivity index (χ1) is 14.8. The summed E-state index contributed by atoms with van der Waals surface area (Å²) >= 11 is 8.77. The average Bonchev–Trinajstić information content (AvgIpc) is 3.00. The van der Waals surface area contributed by atoms with Gasteiger partial charge in [0.15, 0.2) is 5.16 Å². The molecule has 1 aromatic carbocycles. The molecule has 3 aromatic rings. The van der Waals surface area contributed by atoms with E-state index in [1.165, 1.54) is 23.1 Å². The summed E-state index contributed by atoms with van der Waals surface area (Å²) in [5, 5.41) is 4.58. The van der Waals surface area contributed by atoms with E-state index < -0.39 is 0 Å². The van der Waals surface area contributed by atoms with Crippen molar-refractivity contribution in [3.05, 3.63) is 50.1 Å². The van der Waals surface area contributed by atoms with Crippen LogP contribution in [0, 0.1) is 13.8 Å². The summed E-state index contributed by atoms with van der Waals surface area (Å²) in [5.74, 6) is 0.0602. The molecule has 0 aliphatic carbocycles. The molecule has 3 rings (SSSR count). The van der Waals surface area contributed by atoms with E-state index >= 15 is 0 Å². The maximum atomic E-state index is 13.4. The number of fused-ring (bicyclic) bond motifs is 1. The number of amides is 1. The molecule has 0 saturated heterocycles. The molecule has 0 unspecified atom stereocenters. The molecule has 0 saturated carbocycles. The van der Waals surface area contributed by atoms with E-state index in [-0.39, 0.29) is 23.3 Å². The van der Waals surface area contributed by atoms with Gasteiger partial charge in [-0.25, -0.2) is 4.98 Å². The fourth-order valence-corrected chi connectivity index (χ4v) is 5.03. The van der Waals surface area contributed by atoms with Crippen molar-refractivity contribution in [3.8, 4) is 5.69 Å². The second-order valence-corrected chi connectivity index (χ2v) is 9.97. The normalized spacial score (nSPS) is 11.4. The summed E-state index contributed by atoms with van der Waals surface area (Å²) in [6, 6.07) is 7.04. The van der Waals surface area contributed by atoms with E-state index in [1.54, 1.807) is 28.8 Å². The topological polar surface area (TPSA) is 73.2 Å². The van der Waals surface area contributed by atoms with E-state index in [4.69, 9.17) is 21.3 Å². The SMILES string of the molecule is Cc1sc2nc(SCC(=O)NCCCOC(C)C)n(-c3ccc(Cl)cc3)c(=O)c2c1C. The van der Waals surface area contributed by atoms with Crippen LogP contribution in [0.4, 0.5) is 0 Å². The molecule has 0 fully saturated rings. The van der Waals surface area contributed by atoms with E-state index in [2.05, 4.69) is 5.32 Å². The molecule has 9 heteroatoms. The van der Waals surface area contributed by atoms with Crippen LogP contribution >= 0.6 is 34.7 Å². The van der Waals surface area contributed by atoms with E-state index in [9.17, 15) is 9.59 Å². The Morgan fingerprint density at radius 2 is 2.00 bits per heavy atom. The minimum Gasteiger partial charge on any atom is -0.379 e. The van der Waals surface area contributed by atoms with Crippen LogP contribution in [0.25, 0.3) is 15.9 Å². The van der Waals surface area contributed by atoms with Gasteiger partial charge in [-0.15, -0.1) is 11.3 Å². The number of nitrogens with one attached hydrogen (secondary N) is 1. The molecule has 0 bridgehead atoms. The molecular formula is C22H26ClN3O3S2. The Morgan fingerprint density at radius 1 is 1.29 bits per heavy atom. The summed E-state index contributed by atoms with van der Waals surface area (Å²) in [6.45, 7) is 9.04. The van der Waals surface area contributed by atoms with Crippen LogP contribution < -0.4 is 10.9 Å². The lowest BCUT2D eigenvalue weighted by Gasteiger charge is -2.13. The number of ether oxygens (including phenoxy) is 1. The number of carbonyl (C=O) groups excluding carboxylic acids is 1. The predicted octanol–water partition coefficient (Wildman–Crippen LogP) is 4.74. The predicted molar refractivity (Wildman–Crippen MR) is 129 cm³/mol. The Balaban J connectivity index is 1.82. The Kier molecular flexibility index (Phi) is 8.16. The number of halogens is 1. The molecular weight excluding hydrogens is 454 g/mol. The molecule has 1 amide bonds. The lowest BCUT2D eigenvalue weighted by Crippen LogP contribution is -2.28. The molecule has 166 valence electrons. The van der Waals surface area contributed by atoms with Crippen molar-refractivity contribution < 1.29 is 9.53 Å². The minimum absolute atomic E-state index is 0.106.